The molecule has 0 aromatic carbocycles. The van der Waals surface area contributed by atoms with Crippen molar-refractivity contribution in [1.82, 2.24) is 15.0 Å². The number of pyridine rings is 1. The molecule has 2 rings (SSSR count). The summed E-state index contributed by atoms with van der Waals surface area (Å²) < 4.78 is 5.24. The number of hydrogen-bond acceptors (Lipinski definition) is 7. The highest BCUT2D eigenvalue weighted by Crippen LogP contribution is 2.28. The minimum absolute atomic E-state index is 0.428. The van der Waals surface area contributed by atoms with Gasteiger partial charge in [-0.15, -0.1) is 0 Å². The summed E-state index contributed by atoms with van der Waals surface area (Å²) in [6.07, 6.45) is 3.17. The van der Waals surface area contributed by atoms with Gasteiger partial charge in [0.2, 0.25) is 5.75 Å². The van der Waals surface area contributed by atoms with Gasteiger partial charge in [0.25, 0.3) is 0 Å². The normalized spacial score (nSPS) is 10.1. The van der Waals surface area contributed by atoms with Gasteiger partial charge in [-0.3, -0.25) is 4.98 Å². The molecule has 0 bridgehead atoms. The molecule has 19 heavy (non-hydrogen) atoms. The molecule has 100 valence electrons. The molecule has 2 heterocycles. The number of aryl methyl sites for hydroxylation is 1. The van der Waals surface area contributed by atoms with Crippen molar-refractivity contribution in [3.63, 3.8) is 0 Å². The average molecular weight is 260 g/mol. The van der Waals surface area contributed by atoms with Crippen molar-refractivity contribution in [2.75, 3.05) is 17.9 Å². The summed E-state index contributed by atoms with van der Waals surface area (Å²) >= 11 is 0. The van der Waals surface area contributed by atoms with Crippen LogP contribution in [0.25, 0.3) is 0 Å². The van der Waals surface area contributed by atoms with Crippen molar-refractivity contribution in [2.24, 2.45) is 5.84 Å². The Balaban J connectivity index is 2.18. The maximum Gasteiger partial charge on any atom is 0.205 e. The van der Waals surface area contributed by atoms with E-state index in [1.54, 1.807) is 6.20 Å². The predicted octanol–water partition coefficient (Wildman–Crippen LogP) is 1.09. The molecule has 0 amide bonds. The third-order valence-electron chi connectivity index (χ3n) is 2.69. The first-order chi connectivity index (χ1) is 9.26. The standard InChI is InChI=1S/C12H16N6O/c1-8-4-3-5-14-9(8)6-15-11-10(19-2)12(18-13)17-7-16-11/h3-5,7H,6,13H2,1-2H3,(H2,15,16,17,18). The maximum atomic E-state index is 5.37. The highest BCUT2D eigenvalue weighted by molar-refractivity contribution is 5.63. The van der Waals surface area contributed by atoms with Crippen LogP contribution in [0.15, 0.2) is 24.7 Å². The Hall–Kier alpha value is -2.41. The lowest BCUT2D eigenvalue weighted by atomic mass is 10.2. The molecule has 0 spiro atoms. The van der Waals surface area contributed by atoms with Crippen LogP contribution in [0, 0.1) is 6.92 Å². The van der Waals surface area contributed by atoms with Crippen molar-refractivity contribution >= 4 is 11.6 Å². The molecule has 0 saturated heterocycles. The number of nitrogens with zero attached hydrogens (tertiary/aromatic N) is 3. The van der Waals surface area contributed by atoms with Gasteiger partial charge in [-0.1, -0.05) is 6.07 Å². The van der Waals surface area contributed by atoms with E-state index in [0.717, 1.165) is 11.3 Å². The summed E-state index contributed by atoms with van der Waals surface area (Å²) in [6, 6.07) is 3.91. The Kier molecular flexibility index (Phi) is 4.09. The number of hydrazine groups is 1. The zero-order valence-corrected chi connectivity index (χ0v) is 10.8. The molecule has 4 N–H and O–H groups in total. The molecular weight excluding hydrogens is 244 g/mol. The van der Waals surface area contributed by atoms with Crippen LogP contribution < -0.4 is 21.3 Å². The van der Waals surface area contributed by atoms with Crippen LogP contribution in [-0.4, -0.2) is 22.1 Å². The highest BCUT2D eigenvalue weighted by Gasteiger charge is 2.11. The van der Waals surface area contributed by atoms with Crippen LogP contribution in [0.2, 0.25) is 0 Å². The van der Waals surface area contributed by atoms with Gasteiger partial charge in [-0.25, -0.2) is 15.8 Å². The van der Waals surface area contributed by atoms with E-state index in [9.17, 15) is 0 Å². The number of anilines is 2. The van der Waals surface area contributed by atoms with E-state index in [4.69, 9.17) is 10.6 Å². The molecule has 0 aliphatic heterocycles. The Morgan fingerprint density at radius 1 is 1.26 bits per heavy atom. The maximum absolute atomic E-state index is 5.37. The first-order valence-corrected chi connectivity index (χ1v) is 5.76. The van der Waals surface area contributed by atoms with E-state index < -0.39 is 0 Å². The Bertz CT molecular complexity index is 560. The molecule has 0 atom stereocenters. The summed E-state index contributed by atoms with van der Waals surface area (Å²) in [6.45, 7) is 2.55. The van der Waals surface area contributed by atoms with Crippen molar-refractivity contribution in [3.05, 3.63) is 35.9 Å². The van der Waals surface area contributed by atoms with Crippen molar-refractivity contribution in [2.45, 2.75) is 13.5 Å². The van der Waals surface area contributed by atoms with Crippen LogP contribution in [0.4, 0.5) is 11.6 Å². The topological polar surface area (TPSA) is 98.0 Å². The van der Waals surface area contributed by atoms with E-state index in [1.165, 1.54) is 13.4 Å². The largest absolute Gasteiger partial charge is 0.490 e. The number of aromatic nitrogens is 3. The lowest BCUT2D eigenvalue weighted by Crippen LogP contribution is -2.13. The number of nitrogen functional groups attached to an aromatic ring is 1. The first-order valence-electron chi connectivity index (χ1n) is 5.76. The number of nitrogens with one attached hydrogen (secondary N) is 2. The number of hydrogen-bond donors (Lipinski definition) is 3. The van der Waals surface area contributed by atoms with E-state index in [1.807, 2.05) is 19.1 Å². The fourth-order valence-electron chi connectivity index (χ4n) is 1.67. The summed E-state index contributed by atoms with van der Waals surface area (Å²) in [4.78, 5) is 12.4. The zero-order valence-electron chi connectivity index (χ0n) is 10.8. The second-order valence-electron chi connectivity index (χ2n) is 3.87. The van der Waals surface area contributed by atoms with Gasteiger partial charge in [0.15, 0.2) is 11.6 Å². The molecule has 7 nitrogen and oxygen atoms in total. The Morgan fingerprint density at radius 3 is 2.74 bits per heavy atom. The Morgan fingerprint density at radius 2 is 2.05 bits per heavy atom. The van der Waals surface area contributed by atoms with Crippen LogP contribution in [0.3, 0.4) is 0 Å². The number of rotatable bonds is 5. The molecule has 0 aliphatic rings. The highest BCUT2D eigenvalue weighted by atomic mass is 16.5. The predicted molar refractivity (Wildman–Crippen MR) is 72.7 cm³/mol. The van der Waals surface area contributed by atoms with Crippen molar-refractivity contribution in [1.29, 1.82) is 0 Å². The quantitative estimate of drug-likeness (QED) is 0.546. The molecule has 0 aliphatic carbocycles. The second kappa shape index (κ2) is 5.96. The minimum Gasteiger partial charge on any atom is -0.490 e. The molecule has 0 unspecified atom stereocenters. The lowest BCUT2D eigenvalue weighted by molar-refractivity contribution is 0.414. The first kappa shape index (κ1) is 13.0. The van der Waals surface area contributed by atoms with Gasteiger partial charge in [-0.05, 0) is 18.6 Å². The molecule has 0 fully saturated rings. The van der Waals surface area contributed by atoms with Crippen LogP contribution in [-0.2, 0) is 6.54 Å². The molecule has 2 aromatic rings. The van der Waals surface area contributed by atoms with Gasteiger partial charge < -0.3 is 15.5 Å². The van der Waals surface area contributed by atoms with Crippen molar-refractivity contribution < 1.29 is 4.74 Å². The van der Waals surface area contributed by atoms with E-state index in [0.29, 0.717) is 23.9 Å². The summed E-state index contributed by atoms with van der Waals surface area (Å²) in [5.74, 6) is 6.83. The zero-order chi connectivity index (χ0) is 13.7. The van der Waals surface area contributed by atoms with Gasteiger partial charge in [0, 0.05) is 6.20 Å². The van der Waals surface area contributed by atoms with Gasteiger partial charge >= 0.3 is 0 Å². The van der Waals surface area contributed by atoms with Gasteiger partial charge in [0.05, 0.1) is 19.3 Å². The van der Waals surface area contributed by atoms with E-state index in [-0.39, 0.29) is 0 Å². The Labute approximate surface area is 111 Å². The van der Waals surface area contributed by atoms with Crippen LogP contribution in [0.5, 0.6) is 5.75 Å². The molecular formula is C12H16N6O. The summed E-state index contributed by atoms with van der Waals surface area (Å²) in [5, 5.41) is 3.16. The summed E-state index contributed by atoms with van der Waals surface area (Å²) in [7, 11) is 1.54. The minimum atomic E-state index is 0.428. The average Bonchev–Trinajstić information content (AvgIpc) is 2.45. The second-order valence-corrected chi connectivity index (χ2v) is 3.87. The van der Waals surface area contributed by atoms with Crippen molar-refractivity contribution in [3.8, 4) is 5.75 Å². The van der Waals surface area contributed by atoms with Crippen LogP contribution >= 0.6 is 0 Å². The lowest BCUT2D eigenvalue weighted by Gasteiger charge is -2.12. The number of nitrogens with two attached hydrogens (primary N) is 1. The third-order valence-corrected chi connectivity index (χ3v) is 2.69. The molecule has 0 radical (unpaired) electrons. The summed E-state index contributed by atoms with van der Waals surface area (Å²) in [5.41, 5.74) is 4.53. The third kappa shape index (κ3) is 2.89. The molecule has 7 heteroatoms. The van der Waals surface area contributed by atoms with Crippen LogP contribution in [0.1, 0.15) is 11.3 Å². The smallest absolute Gasteiger partial charge is 0.205 e. The van der Waals surface area contributed by atoms with E-state index >= 15 is 0 Å². The fraction of sp³-hybridized carbons (Fsp3) is 0.250. The number of ether oxygens (including phenoxy) is 1. The monoisotopic (exact) mass is 260 g/mol. The number of methoxy groups -OCH3 is 1. The molecule has 2 aromatic heterocycles. The van der Waals surface area contributed by atoms with E-state index in [2.05, 4.69) is 25.7 Å². The van der Waals surface area contributed by atoms with Gasteiger partial charge in [0.1, 0.15) is 6.33 Å². The fourth-order valence-corrected chi connectivity index (χ4v) is 1.67. The SMILES string of the molecule is COc1c(NN)ncnc1NCc1ncccc1C. The molecule has 0 saturated carbocycles. The van der Waals surface area contributed by atoms with Gasteiger partial charge in [-0.2, -0.15) is 0 Å².